The van der Waals surface area contributed by atoms with Crippen molar-refractivity contribution in [2.24, 2.45) is 0 Å². The van der Waals surface area contributed by atoms with Crippen LogP contribution in [0.5, 0.6) is 0 Å². The van der Waals surface area contributed by atoms with E-state index in [9.17, 15) is 8.42 Å². The monoisotopic (exact) mass is 499 g/mol. The predicted octanol–water partition coefficient (Wildman–Crippen LogP) is 4.13. The second-order valence-corrected chi connectivity index (χ2v) is 12.2. The van der Waals surface area contributed by atoms with Gasteiger partial charge in [-0.25, -0.2) is 17.7 Å². The summed E-state index contributed by atoms with van der Waals surface area (Å²) in [4.78, 5) is 7.50. The Morgan fingerprint density at radius 2 is 1.69 bits per heavy atom. The number of fused-ring (bicyclic) bond motifs is 1. The maximum Gasteiger partial charge on any atom is 0.242 e. The van der Waals surface area contributed by atoms with Crippen LogP contribution in [0.2, 0.25) is 0 Å². The summed E-state index contributed by atoms with van der Waals surface area (Å²) < 4.78 is 27.8. The molecule has 4 rings (SSSR count). The maximum absolute atomic E-state index is 12.4. The molecule has 0 bridgehead atoms. The van der Waals surface area contributed by atoms with E-state index >= 15 is 0 Å². The van der Waals surface area contributed by atoms with Crippen LogP contribution in [0.15, 0.2) is 41.4 Å². The van der Waals surface area contributed by atoms with E-state index in [0.717, 1.165) is 41.4 Å². The van der Waals surface area contributed by atoms with E-state index in [1.165, 1.54) is 31.2 Å². The maximum atomic E-state index is 12.4. The van der Waals surface area contributed by atoms with Gasteiger partial charge in [0.1, 0.15) is 11.6 Å². The van der Waals surface area contributed by atoms with Gasteiger partial charge in [-0.1, -0.05) is 13.8 Å². The van der Waals surface area contributed by atoms with Gasteiger partial charge in [-0.05, 0) is 70.0 Å². The van der Waals surface area contributed by atoms with Crippen LogP contribution in [0.3, 0.4) is 0 Å². The Morgan fingerprint density at radius 1 is 1.03 bits per heavy atom. The van der Waals surface area contributed by atoms with Gasteiger partial charge in [0, 0.05) is 43.5 Å². The third-order valence-electron chi connectivity index (χ3n) is 6.81. The normalized spacial score (nSPS) is 19.1. The molecule has 0 atom stereocenters. The Bertz CT molecular complexity index is 1260. The molecule has 0 spiro atoms. The van der Waals surface area contributed by atoms with Crippen molar-refractivity contribution in [3.63, 3.8) is 0 Å². The van der Waals surface area contributed by atoms with E-state index in [1.807, 2.05) is 16.8 Å². The van der Waals surface area contributed by atoms with Crippen molar-refractivity contribution in [3.05, 3.63) is 42.1 Å². The van der Waals surface area contributed by atoms with Gasteiger partial charge < -0.3 is 15.5 Å². The van der Waals surface area contributed by atoms with Gasteiger partial charge >= 0.3 is 0 Å². The first-order chi connectivity index (χ1) is 16.6. The molecule has 2 aromatic heterocycles. The molecule has 10 heteroatoms. The lowest BCUT2D eigenvalue weighted by Gasteiger charge is -2.33. The molecule has 1 aliphatic carbocycles. The van der Waals surface area contributed by atoms with Crippen LogP contribution >= 0.6 is 0 Å². The van der Waals surface area contributed by atoms with Gasteiger partial charge in [0.05, 0.1) is 11.1 Å². The average Bonchev–Trinajstić information content (AvgIpc) is 3.24. The molecule has 0 radical (unpaired) electrons. The van der Waals surface area contributed by atoms with E-state index < -0.39 is 10.0 Å². The van der Waals surface area contributed by atoms with Gasteiger partial charge in [-0.3, -0.25) is 0 Å². The second kappa shape index (κ2) is 10.1. The zero-order valence-electron chi connectivity index (χ0n) is 21.5. The van der Waals surface area contributed by atoms with Crippen LogP contribution in [0.25, 0.3) is 5.65 Å². The van der Waals surface area contributed by atoms with Gasteiger partial charge in [0.15, 0.2) is 5.65 Å². The Hall–Kier alpha value is -2.69. The van der Waals surface area contributed by atoms with E-state index in [4.69, 9.17) is 4.98 Å². The zero-order chi connectivity index (χ0) is 25.3. The molecular formula is C25H37N7O2S. The van der Waals surface area contributed by atoms with Crippen molar-refractivity contribution >= 4 is 33.0 Å². The van der Waals surface area contributed by atoms with Gasteiger partial charge in [-0.15, -0.1) is 0 Å². The molecule has 0 unspecified atom stereocenters. The zero-order valence-corrected chi connectivity index (χ0v) is 22.3. The second-order valence-electron chi connectivity index (χ2n) is 10.1. The predicted molar refractivity (Wildman–Crippen MR) is 141 cm³/mol. The molecule has 1 fully saturated rings. The lowest BCUT2D eigenvalue weighted by molar-refractivity contribution is 0.221. The van der Waals surface area contributed by atoms with Crippen molar-refractivity contribution in [2.75, 3.05) is 38.8 Å². The molecule has 2 heterocycles. The highest BCUT2D eigenvalue weighted by Crippen LogP contribution is 2.29. The molecule has 35 heavy (non-hydrogen) atoms. The highest BCUT2D eigenvalue weighted by atomic mass is 32.2. The summed E-state index contributed by atoms with van der Waals surface area (Å²) in [6.07, 6.45) is 6.43. The molecule has 0 amide bonds. The lowest BCUT2D eigenvalue weighted by Crippen LogP contribution is -2.36. The van der Waals surface area contributed by atoms with Crippen molar-refractivity contribution < 1.29 is 8.42 Å². The Balaban J connectivity index is 1.62. The summed E-state index contributed by atoms with van der Waals surface area (Å²) >= 11 is 0. The number of sulfonamides is 1. The number of aromatic nitrogens is 3. The first kappa shape index (κ1) is 25.4. The smallest absolute Gasteiger partial charge is 0.242 e. The van der Waals surface area contributed by atoms with E-state index in [0.29, 0.717) is 12.1 Å². The van der Waals surface area contributed by atoms with E-state index in [-0.39, 0.29) is 10.8 Å². The third-order valence-corrected chi connectivity index (χ3v) is 8.63. The molecule has 1 aromatic carbocycles. The topological polar surface area (TPSA) is 94.9 Å². The van der Waals surface area contributed by atoms with Crippen molar-refractivity contribution in [1.82, 2.24) is 23.8 Å². The number of hydrogen-bond donors (Lipinski definition) is 2. The number of anilines is 3. The summed E-state index contributed by atoms with van der Waals surface area (Å²) in [6.45, 7) is 4.27. The first-order valence-electron chi connectivity index (χ1n) is 12.2. The Labute approximate surface area is 208 Å². The highest BCUT2D eigenvalue weighted by Gasteiger charge is 2.23. The molecule has 0 saturated heterocycles. The Morgan fingerprint density at radius 3 is 2.26 bits per heavy atom. The van der Waals surface area contributed by atoms with Crippen LogP contribution in [0.4, 0.5) is 17.3 Å². The Kier molecular flexibility index (Phi) is 7.35. The SMILES string of the molecule is CC(C)c1cnn2c(Nc3ccc(S(=O)(=O)N(C)C)cc3)cc(NC3CCC(N(C)C)CC3)nc12. The lowest BCUT2D eigenvalue weighted by atomic mass is 9.90. The molecule has 2 N–H and O–H groups in total. The average molecular weight is 500 g/mol. The number of nitrogens with zero attached hydrogens (tertiary/aromatic N) is 5. The summed E-state index contributed by atoms with van der Waals surface area (Å²) in [5.41, 5.74) is 2.68. The fraction of sp³-hybridized carbons (Fsp3) is 0.520. The van der Waals surface area contributed by atoms with Crippen LogP contribution < -0.4 is 10.6 Å². The molecule has 3 aromatic rings. The fourth-order valence-corrected chi connectivity index (χ4v) is 5.47. The van der Waals surface area contributed by atoms with E-state index in [1.54, 1.807) is 24.3 Å². The minimum atomic E-state index is -3.47. The standard InChI is InChI=1S/C25H37N7O2S/c1-17(2)22-16-26-32-24(28-19-9-13-21(14-10-19)35(33,34)31(5)6)15-23(29-25(22)32)27-18-7-11-20(12-8-18)30(3)4/h9-10,13-18,20,28H,7-8,11-12H2,1-6H3,(H,27,29). The molecule has 1 saturated carbocycles. The van der Waals surface area contributed by atoms with Crippen molar-refractivity contribution in [2.45, 2.75) is 62.4 Å². The van der Waals surface area contributed by atoms with Gasteiger partial charge in [0.2, 0.25) is 10.0 Å². The molecule has 190 valence electrons. The van der Waals surface area contributed by atoms with Gasteiger partial charge in [-0.2, -0.15) is 9.61 Å². The third kappa shape index (κ3) is 5.44. The van der Waals surface area contributed by atoms with E-state index in [2.05, 4.69) is 48.6 Å². The molecular weight excluding hydrogens is 462 g/mol. The minimum Gasteiger partial charge on any atom is -0.367 e. The largest absolute Gasteiger partial charge is 0.367 e. The molecule has 9 nitrogen and oxygen atoms in total. The summed E-state index contributed by atoms with van der Waals surface area (Å²) in [5.74, 6) is 1.88. The fourth-order valence-electron chi connectivity index (χ4n) is 4.56. The number of hydrogen-bond acceptors (Lipinski definition) is 7. The molecule has 1 aliphatic rings. The number of nitrogens with one attached hydrogen (secondary N) is 2. The van der Waals surface area contributed by atoms with Crippen LogP contribution in [-0.4, -0.2) is 72.5 Å². The quantitative estimate of drug-likeness (QED) is 0.481. The molecule has 0 aliphatic heterocycles. The van der Waals surface area contributed by atoms with Crippen LogP contribution in [-0.2, 0) is 10.0 Å². The summed E-state index contributed by atoms with van der Waals surface area (Å²) in [5, 5.41) is 11.7. The minimum absolute atomic E-state index is 0.254. The summed E-state index contributed by atoms with van der Waals surface area (Å²) in [6, 6.07) is 9.77. The summed E-state index contributed by atoms with van der Waals surface area (Å²) in [7, 11) is 3.89. The van der Waals surface area contributed by atoms with Crippen molar-refractivity contribution in [3.8, 4) is 0 Å². The van der Waals surface area contributed by atoms with Crippen LogP contribution in [0, 0.1) is 0 Å². The van der Waals surface area contributed by atoms with Gasteiger partial charge in [0.25, 0.3) is 0 Å². The number of benzene rings is 1. The first-order valence-corrected chi connectivity index (χ1v) is 13.6. The highest BCUT2D eigenvalue weighted by molar-refractivity contribution is 7.89. The van der Waals surface area contributed by atoms with Crippen molar-refractivity contribution in [1.29, 1.82) is 0 Å². The number of rotatable bonds is 8. The van der Waals surface area contributed by atoms with Crippen LogP contribution in [0.1, 0.15) is 51.0 Å².